The molecule has 0 unspecified atom stereocenters. The molecule has 0 saturated heterocycles. The lowest BCUT2D eigenvalue weighted by atomic mass is 9.94. The van der Waals surface area contributed by atoms with Crippen LogP contribution in [0.4, 0.5) is 4.79 Å². The zero-order valence-electron chi connectivity index (χ0n) is 20.3. The lowest BCUT2D eigenvalue weighted by molar-refractivity contribution is -0.143. The van der Waals surface area contributed by atoms with Crippen LogP contribution in [-0.4, -0.2) is 42.3 Å². The van der Waals surface area contributed by atoms with Crippen molar-refractivity contribution in [1.82, 2.24) is 10.6 Å². The number of aliphatic carboxylic acids is 1. The molecule has 0 heterocycles. The number of carboxylic acids is 1. The maximum Gasteiger partial charge on any atom is 0.407 e. The number of amides is 2. The van der Waals surface area contributed by atoms with Crippen molar-refractivity contribution in [2.45, 2.75) is 51.5 Å². The summed E-state index contributed by atoms with van der Waals surface area (Å²) in [5.41, 5.74) is 4.66. The second-order valence-electron chi connectivity index (χ2n) is 10.0. The predicted molar refractivity (Wildman–Crippen MR) is 133 cm³/mol. The summed E-state index contributed by atoms with van der Waals surface area (Å²) >= 11 is 0. The van der Waals surface area contributed by atoms with Crippen LogP contribution in [0.25, 0.3) is 11.1 Å². The number of alkyl carbamates (subject to hydrolysis) is 1. The first-order valence-corrected chi connectivity index (χ1v) is 12.5. The Morgan fingerprint density at radius 1 is 1.00 bits per heavy atom. The highest BCUT2D eigenvalue weighted by molar-refractivity contribution is 5.85. The third kappa shape index (κ3) is 5.66. The number of fused-ring (bicyclic) bond motifs is 3. The number of hydrogen-bond acceptors (Lipinski definition) is 4. The molecule has 7 heteroatoms. The summed E-state index contributed by atoms with van der Waals surface area (Å²) in [5.74, 6) is -1.45. The summed E-state index contributed by atoms with van der Waals surface area (Å²) in [6, 6.07) is 15.5. The topological polar surface area (TPSA) is 105 Å². The number of benzene rings is 2. The van der Waals surface area contributed by atoms with Crippen molar-refractivity contribution >= 4 is 18.0 Å². The van der Waals surface area contributed by atoms with Gasteiger partial charge in [0, 0.05) is 18.4 Å². The van der Waals surface area contributed by atoms with E-state index in [1.54, 1.807) is 0 Å². The van der Waals surface area contributed by atoms with E-state index in [0.29, 0.717) is 19.4 Å². The van der Waals surface area contributed by atoms with Gasteiger partial charge in [0.1, 0.15) is 12.6 Å². The van der Waals surface area contributed by atoms with E-state index in [2.05, 4.69) is 34.9 Å². The molecule has 1 fully saturated rings. The number of rotatable bonds is 9. The van der Waals surface area contributed by atoms with Gasteiger partial charge in [0.2, 0.25) is 5.91 Å². The smallest absolute Gasteiger partial charge is 0.407 e. The second-order valence-corrected chi connectivity index (χ2v) is 10.0. The van der Waals surface area contributed by atoms with E-state index in [0.717, 1.165) is 24.0 Å². The Hall–Kier alpha value is -3.35. The van der Waals surface area contributed by atoms with Crippen LogP contribution in [0.3, 0.4) is 0 Å². The minimum atomic E-state index is -1.02. The van der Waals surface area contributed by atoms with Crippen LogP contribution < -0.4 is 10.6 Å². The van der Waals surface area contributed by atoms with Crippen molar-refractivity contribution in [1.29, 1.82) is 0 Å². The van der Waals surface area contributed by atoms with Crippen molar-refractivity contribution in [2.75, 3.05) is 13.2 Å². The van der Waals surface area contributed by atoms with Gasteiger partial charge in [0.15, 0.2) is 0 Å². The number of nitrogens with one attached hydrogen (secondary N) is 2. The monoisotopic (exact) mass is 478 g/mol. The first kappa shape index (κ1) is 24.8. The zero-order valence-corrected chi connectivity index (χ0v) is 20.3. The third-order valence-corrected chi connectivity index (χ3v) is 7.17. The van der Waals surface area contributed by atoms with Crippen LogP contribution in [0, 0.1) is 17.8 Å². The Labute approximate surface area is 206 Å². The highest BCUT2D eigenvalue weighted by Crippen LogP contribution is 2.44. The summed E-state index contributed by atoms with van der Waals surface area (Å²) in [7, 11) is 0. The maximum absolute atomic E-state index is 12.8. The van der Waals surface area contributed by atoms with Crippen LogP contribution in [0.2, 0.25) is 0 Å². The largest absolute Gasteiger partial charge is 0.480 e. The fourth-order valence-electron chi connectivity index (χ4n) is 5.46. The zero-order chi connectivity index (χ0) is 24.9. The molecular formula is C28H34N2O5. The predicted octanol–water partition coefficient (Wildman–Crippen LogP) is 4.56. The fraction of sp³-hybridized carbons (Fsp3) is 0.464. The van der Waals surface area contributed by atoms with E-state index in [-0.39, 0.29) is 36.2 Å². The van der Waals surface area contributed by atoms with Crippen molar-refractivity contribution in [3.05, 3.63) is 59.7 Å². The minimum absolute atomic E-state index is 0.00735. The lowest BCUT2D eigenvalue weighted by Gasteiger charge is -2.23. The van der Waals surface area contributed by atoms with Crippen LogP contribution in [0.1, 0.15) is 56.6 Å². The standard InChI is InChI=1S/C28H34N2O5/c1-17(2)14-25(27(32)33)30-26(31)19-13-7-8-18(19)15-29-28(34)35-16-24-22-11-5-3-9-20(22)21-10-4-6-12-23(21)24/h3-6,9-12,17-19,24-25H,7-8,13-16H2,1-2H3,(H,29,34)(H,30,31)(H,32,33)/t18-,19-,25-/m0/s1. The summed E-state index contributed by atoms with van der Waals surface area (Å²) < 4.78 is 5.61. The average molecular weight is 479 g/mol. The molecule has 0 spiro atoms. The molecular weight excluding hydrogens is 444 g/mol. The maximum atomic E-state index is 12.8. The summed E-state index contributed by atoms with van der Waals surface area (Å²) in [6.45, 7) is 4.43. The molecule has 1 saturated carbocycles. The minimum Gasteiger partial charge on any atom is -0.480 e. The van der Waals surface area contributed by atoms with E-state index < -0.39 is 18.1 Å². The molecule has 0 bridgehead atoms. The quantitative estimate of drug-likeness (QED) is 0.490. The number of hydrogen-bond donors (Lipinski definition) is 3. The molecule has 35 heavy (non-hydrogen) atoms. The Morgan fingerprint density at radius 2 is 1.63 bits per heavy atom. The van der Waals surface area contributed by atoms with Gasteiger partial charge in [-0.3, -0.25) is 4.79 Å². The van der Waals surface area contributed by atoms with Crippen LogP contribution in [-0.2, 0) is 14.3 Å². The number of carbonyl (C=O) groups is 3. The van der Waals surface area contributed by atoms with Crippen molar-refractivity contribution in [2.24, 2.45) is 17.8 Å². The van der Waals surface area contributed by atoms with E-state index in [1.165, 1.54) is 11.1 Å². The molecule has 3 atom stereocenters. The van der Waals surface area contributed by atoms with E-state index in [1.807, 2.05) is 38.1 Å². The fourth-order valence-corrected chi connectivity index (χ4v) is 5.46. The normalized spacial score (nSPS) is 19.6. The molecule has 7 nitrogen and oxygen atoms in total. The Kier molecular flexibility index (Phi) is 7.73. The van der Waals surface area contributed by atoms with Crippen LogP contribution in [0.5, 0.6) is 0 Å². The van der Waals surface area contributed by atoms with E-state index in [9.17, 15) is 19.5 Å². The number of ether oxygens (including phenoxy) is 1. The summed E-state index contributed by atoms with van der Waals surface area (Å²) in [4.78, 5) is 36.9. The lowest BCUT2D eigenvalue weighted by Crippen LogP contribution is -2.46. The molecule has 2 aromatic carbocycles. The Balaban J connectivity index is 1.30. The van der Waals surface area contributed by atoms with Crippen molar-refractivity contribution < 1.29 is 24.2 Å². The highest BCUT2D eigenvalue weighted by Gasteiger charge is 2.35. The van der Waals surface area contributed by atoms with E-state index >= 15 is 0 Å². The summed E-state index contributed by atoms with van der Waals surface area (Å²) in [6.07, 6.45) is 2.26. The molecule has 3 N–H and O–H groups in total. The van der Waals surface area contributed by atoms with Gasteiger partial charge in [-0.15, -0.1) is 0 Å². The Bertz CT molecular complexity index is 1040. The SMILES string of the molecule is CC(C)C[C@H](NC(=O)[C@H]1CCC[C@H]1CNC(=O)OCC1c2ccccc2-c2ccccc21)C(=O)O. The highest BCUT2D eigenvalue weighted by atomic mass is 16.5. The molecule has 0 aliphatic heterocycles. The number of carbonyl (C=O) groups excluding carboxylic acids is 2. The van der Waals surface area contributed by atoms with Crippen molar-refractivity contribution in [3.63, 3.8) is 0 Å². The third-order valence-electron chi connectivity index (χ3n) is 7.17. The van der Waals surface area contributed by atoms with Gasteiger partial charge in [-0.2, -0.15) is 0 Å². The van der Waals surface area contributed by atoms with Gasteiger partial charge in [-0.05, 0) is 53.4 Å². The molecule has 0 aromatic heterocycles. The van der Waals surface area contributed by atoms with Gasteiger partial charge >= 0.3 is 12.1 Å². The van der Waals surface area contributed by atoms with Gasteiger partial charge in [-0.25, -0.2) is 9.59 Å². The average Bonchev–Trinajstić information content (AvgIpc) is 3.43. The van der Waals surface area contributed by atoms with Gasteiger partial charge in [0.05, 0.1) is 0 Å². The molecule has 2 amide bonds. The second kappa shape index (κ2) is 10.9. The first-order chi connectivity index (χ1) is 16.8. The van der Waals surface area contributed by atoms with Gasteiger partial charge in [0.25, 0.3) is 0 Å². The molecule has 0 radical (unpaired) electrons. The molecule has 186 valence electrons. The van der Waals surface area contributed by atoms with Crippen molar-refractivity contribution in [3.8, 4) is 11.1 Å². The Morgan fingerprint density at radius 3 is 2.23 bits per heavy atom. The summed E-state index contributed by atoms with van der Waals surface area (Å²) in [5, 5.41) is 15.0. The van der Waals surface area contributed by atoms with Gasteiger partial charge in [-0.1, -0.05) is 68.8 Å². The molecule has 2 aliphatic rings. The number of carboxylic acid groups (broad SMARTS) is 1. The van der Waals surface area contributed by atoms with Gasteiger partial charge < -0.3 is 20.5 Å². The van der Waals surface area contributed by atoms with Crippen LogP contribution >= 0.6 is 0 Å². The molecule has 2 aliphatic carbocycles. The molecule has 4 rings (SSSR count). The molecule has 2 aromatic rings. The van der Waals surface area contributed by atoms with Crippen LogP contribution in [0.15, 0.2) is 48.5 Å². The van der Waals surface area contributed by atoms with E-state index in [4.69, 9.17) is 4.74 Å². The first-order valence-electron chi connectivity index (χ1n) is 12.5.